The van der Waals surface area contributed by atoms with Gasteiger partial charge in [0.15, 0.2) is 18.1 Å². The second-order valence-electron chi connectivity index (χ2n) is 5.99. The molecule has 0 aliphatic rings. The molecular weight excluding hydrogens is 334 g/mol. The van der Waals surface area contributed by atoms with Gasteiger partial charge in [0, 0.05) is 6.54 Å². The summed E-state index contributed by atoms with van der Waals surface area (Å²) in [7, 11) is 3.07. The predicted octanol–water partition coefficient (Wildman–Crippen LogP) is 2.55. The van der Waals surface area contributed by atoms with Gasteiger partial charge < -0.3 is 24.6 Å². The van der Waals surface area contributed by atoms with Crippen LogP contribution in [0.25, 0.3) is 0 Å². The summed E-state index contributed by atoms with van der Waals surface area (Å²) in [4.78, 5) is 12.0. The summed E-state index contributed by atoms with van der Waals surface area (Å²) in [6.45, 7) is 3.90. The van der Waals surface area contributed by atoms with Crippen molar-refractivity contribution in [2.24, 2.45) is 0 Å². The highest BCUT2D eigenvalue weighted by molar-refractivity contribution is 5.77. The third-order valence-corrected chi connectivity index (χ3v) is 3.97. The molecule has 2 aromatic carbocycles. The van der Waals surface area contributed by atoms with Crippen LogP contribution in [0.1, 0.15) is 22.8 Å². The summed E-state index contributed by atoms with van der Waals surface area (Å²) >= 11 is 0. The molecule has 6 nitrogen and oxygen atoms in total. The van der Waals surface area contributed by atoms with E-state index in [1.807, 2.05) is 32.0 Å². The molecule has 6 heteroatoms. The van der Waals surface area contributed by atoms with E-state index in [-0.39, 0.29) is 19.1 Å². The quantitative estimate of drug-likeness (QED) is 0.757. The second kappa shape index (κ2) is 9.10. The number of carbonyl (C=O) groups excluding carboxylic acids is 1. The van der Waals surface area contributed by atoms with Crippen LogP contribution in [-0.2, 0) is 4.79 Å². The van der Waals surface area contributed by atoms with Crippen LogP contribution in [0.4, 0.5) is 0 Å². The first kappa shape index (κ1) is 19.6. The van der Waals surface area contributed by atoms with E-state index in [0.29, 0.717) is 22.8 Å². The Kier molecular flexibility index (Phi) is 6.86. The van der Waals surface area contributed by atoms with E-state index in [4.69, 9.17) is 14.2 Å². The van der Waals surface area contributed by atoms with Gasteiger partial charge in [-0.2, -0.15) is 0 Å². The van der Waals surface area contributed by atoms with Crippen molar-refractivity contribution in [3.05, 3.63) is 53.1 Å². The third-order valence-electron chi connectivity index (χ3n) is 3.97. The fourth-order valence-electron chi connectivity index (χ4n) is 2.54. The Morgan fingerprint density at radius 2 is 1.73 bits per heavy atom. The standard InChI is InChI=1S/C20H25NO5/c1-13-5-7-17(14(2)9-13)26-12-20(23)21-11-16(22)15-6-8-18(24-3)19(10-15)25-4/h5-10,16,22H,11-12H2,1-4H3,(H,21,23). The van der Waals surface area contributed by atoms with Crippen LogP contribution >= 0.6 is 0 Å². The van der Waals surface area contributed by atoms with Crippen LogP contribution in [0, 0.1) is 13.8 Å². The first-order valence-electron chi connectivity index (χ1n) is 8.31. The monoisotopic (exact) mass is 359 g/mol. The predicted molar refractivity (Wildman–Crippen MR) is 98.9 cm³/mol. The molecule has 0 saturated heterocycles. The lowest BCUT2D eigenvalue weighted by Gasteiger charge is -2.15. The summed E-state index contributed by atoms with van der Waals surface area (Å²) in [5.41, 5.74) is 2.73. The highest BCUT2D eigenvalue weighted by Crippen LogP contribution is 2.29. The molecule has 0 radical (unpaired) electrons. The summed E-state index contributed by atoms with van der Waals surface area (Å²) in [6.07, 6.45) is -0.861. The summed E-state index contributed by atoms with van der Waals surface area (Å²) in [5, 5.41) is 12.9. The van der Waals surface area contributed by atoms with Crippen LogP contribution < -0.4 is 19.5 Å². The van der Waals surface area contributed by atoms with Gasteiger partial charge in [-0.1, -0.05) is 23.8 Å². The Morgan fingerprint density at radius 1 is 1.04 bits per heavy atom. The van der Waals surface area contributed by atoms with Gasteiger partial charge in [-0.25, -0.2) is 0 Å². The molecule has 2 rings (SSSR count). The highest BCUT2D eigenvalue weighted by Gasteiger charge is 2.13. The van der Waals surface area contributed by atoms with Crippen molar-refractivity contribution < 1.29 is 24.1 Å². The van der Waals surface area contributed by atoms with Crippen molar-refractivity contribution >= 4 is 5.91 Å². The molecule has 1 unspecified atom stereocenters. The van der Waals surface area contributed by atoms with Crippen molar-refractivity contribution in [1.29, 1.82) is 0 Å². The molecule has 2 aromatic rings. The zero-order valence-electron chi connectivity index (χ0n) is 15.5. The molecule has 26 heavy (non-hydrogen) atoms. The number of carbonyl (C=O) groups is 1. The van der Waals surface area contributed by atoms with E-state index in [0.717, 1.165) is 11.1 Å². The molecule has 0 saturated carbocycles. The number of methoxy groups -OCH3 is 2. The summed E-state index contributed by atoms with van der Waals surface area (Å²) < 4.78 is 15.9. The van der Waals surface area contributed by atoms with E-state index in [2.05, 4.69) is 5.32 Å². The zero-order valence-corrected chi connectivity index (χ0v) is 15.5. The van der Waals surface area contributed by atoms with Gasteiger partial charge >= 0.3 is 0 Å². The number of benzene rings is 2. The summed E-state index contributed by atoms with van der Waals surface area (Å²) in [5.74, 6) is 1.47. The Balaban J connectivity index is 1.86. The lowest BCUT2D eigenvalue weighted by molar-refractivity contribution is -0.123. The number of hydrogen-bond donors (Lipinski definition) is 2. The third kappa shape index (κ3) is 5.13. The van der Waals surface area contributed by atoms with Crippen molar-refractivity contribution in [1.82, 2.24) is 5.32 Å². The van der Waals surface area contributed by atoms with Gasteiger partial charge in [-0.3, -0.25) is 4.79 Å². The van der Waals surface area contributed by atoms with Crippen LogP contribution in [0.2, 0.25) is 0 Å². The van der Waals surface area contributed by atoms with Gasteiger partial charge in [-0.15, -0.1) is 0 Å². The smallest absolute Gasteiger partial charge is 0.258 e. The molecular formula is C20H25NO5. The maximum atomic E-state index is 12.0. The lowest BCUT2D eigenvalue weighted by Crippen LogP contribution is -2.32. The van der Waals surface area contributed by atoms with E-state index in [9.17, 15) is 9.90 Å². The number of aliphatic hydroxyl groups is 1. The minimum absolute atomic E-state index is 0.0740. The second-order valence-corrected chi connectivity index (χ2v) is 5.99. The number of amides is 1. The van der Waals surface area contributed by atoms with Crippen molar-refractivity contribution in [3.8, 4) is 17.2 Å². The van der Waals surface area contributed by atoms with E-state index >= 15 is 0 Å². The molecule has 0 bridgehead atoms. The van der Waals surface area contributed by atoms with Gasteiger partial charge in [0.25, 0.3) is 5.91 Å². The van der Waals surface area contributed by atoms with E-state index < -0.39 is 6.10 Å². The first-order valence-corrected chi connectivity index (χ1v) is 8.31. The molecule has 0 spiro atoms. The Bertz CT molecular complexity index is 760. The van der Waals surface area contributed by atoms with Gasteiger partial charge in [-0.05, 0) is 43.2 Å². The molecule has 1 amide bonds. The average Bonchev–Trinajstić information content (AvgIpc) is 2.64. The number of nitrogens with one attached hydrogen (secondary N) is 1. The van der Waals surface area contributed by atoms with Gasteiger partial charge in [0.1, 0.15) is 5.75 Å². The molecule has 0 fully saturated rings. The van der Waals surface area contributed by atoms with Crippen LogP contribution in [-0.4, -0.2) is 38.4 Å². The Labute approximate surface area is 153 Å². The maximum Gasteiger partial charge on any atom is 0.258 e. The SMILES string of the molecule is COc1ccc(C(O)CNC(=O)COc2ccc(C)cc2C)cc1OC. The number of aliphatic hydroxyl groups excluding tert-OH is 1. The Hall–Kier alpha value is -2.73. The number of ether oxygens (including phenoxy) is 3. The van der Waals surface area contributed by atoms with Crippen LogP contribution in [0.15, 0.2) is 36.4 Å². The summed E-state index contributed by atoms with van der Waals surface area (Å²) in [6, 6.07) is 10.9. The molecule has 0 aromatic heterocycles. The van der Waals surface area contributed by atoms with Gasteiger partial charge in [0.05, 0.1) is 20.3 Å². The molecule has 0 heterocycles. The molecule has 0 aliphatic heterocycles. The Morgan fingerprint density at radius 3 is 2.38 bits per heavy atom. The number of rotatable bonds is 8. The van der Waals surface area contributed by atoms with E-state index in [1.54, 1.807) is 25.3 Å². The van der Waals surface area contributed by atoms with E-state index in [1.165, 1.54) is 7.11 Å². The average molecular weight is 359 g/mol. The first-order chi connectivity index (χ1) is 12.4. The van der Waals surface area contributed by atoms with Crippen molar-refractivity contribution in [2.75, 3.05) is 27.4 Å². The topological polar surface area (TPSA) is 77.0 Å². The number of aryl methyl sites for hydroxylation is 2. The minimum Gasteiger partial charge on any atom is -0.493 e. The largest absolute Gasteiger partial charge is 0.493 e. The van der Waals surface area contributed by atoms with Crippen molar-refractivity contribution in [3.63, 3.8) is 0 Å². The molecule has 1 atom stereocenters. The maximum absolute atomic E-state index is 12.0. The fraction of sp³-hybridized carbons (Fsp3) is 0.350. The molecule has 0 aliphatic carbocycles. The lowest BCUT2D eigenvalue weighted by atomic mass is 10.1. The number of hydrogen-bond acceptors (Lipinski definition) is 5. The minimum atomic E-state index is -0.861. The van der Waals surface area contributed by atoms with Crippen LogP contribution in [0.3, 0.4) is 0 Å². The highest BCUT2D eigenvalue weighted by atomic mass is 16.5. The molecule has 2 N–H and O–H groups in total. The van der Waals surface area contributed by atoms with Crippen LogP contribution in [0.5, 0.6) is 17.2 Å². The molecule has 140 valence electrons. The van der Waals surface area contributed by atoms with Crippen molar-refractivity contribution in [2.45, 2.75) is 20.0 Å². The van der Waals surface area contributed by atoms with Gasteiger partial charge in [0.2, 0.25) is 0 Å². The normalized spacial score (nSPS) is 11.6. The fourth-order valence-corrected chi connectivity index (χ4v) is 2.54. The zero-order chi connectivity index (χ0) is 19.1.